The summed E-state index contributed by atoms with van der Waals surface area (Å²) in [6.07, 6.45) is 2.24. The number of aromatic nitrogens is 1. The molecule has 62 valence electrons. The van der Waals surface area contributed by atoms with Crippen LogP contribution in [0.4, 0.5) is 5.69 Å². The van der Waals surface area contributed by atoms with E-state index in [1.165, 1.54) is 0 Å². The quantitative estimate of drug-likeness (QED) is 0.626. The highest BCUT2D eigenvalue weighted by Gasteiger charge is 2.18. The van der Waals surface area contributed by atoms with Crippen molar-refractivity contribution in [3.8, 4) is 0 Å². The molecule has 0 atom stereocenters. The van der Waals surface area contributed by atoms with Crippen molar-refractivity contribution in [2.45, 2.75) is 13.3 Å². The van der Waals surface area contributed by atoms with Crippen molar-refractivity contribution in [1.82, 2.24) is 4.98 Å². The standard InChI is InChI=1S/C9H10N2O/c1-6-2-4-11-9-7(12)3-5-10-8(6)9/h2,4,10H,3,5H2,1H3. The van der Waals surface area contributed by atoms with Gasteiger partial charge in [-0.25, -0.2) is 0 Å². The van der Waals surface area contributed by atoms with Gasteiger partial charge in [-0.15, -0.1) is 0 Å². The van der Waals surface area contributed by atoms with E-state index >= 15 is 0 Å². The minimum Gasteiger partial charge on any atom is -0.383 e. The molecule has 0 aromatic carbocycles. The topological polar surface area (TPSA) is 42.0 Å². The molecule has 0 amide bonds. The van der Waals surface area contributed by atoms with E-state index in [4.69, 9.17) is 0 Å². The molecular formula is C9H10N2O. The number of hydrogen-bond acceptors (Lipinski definition) is 3. The average molecular weight is 162 g/mol. The van der Waals surface area contributed by atoms with E-state index in [1.54, 1.807) is 6.20 Å². The molecule has 1 aromatic rings. The summed E-state index contributed by atoms with van der Waals surface area (Å²) in [7, 11) is 0. The van der Waals surface area contributed by atoms with Gasteiger partial charge in [0.25, 0.3) is 0 Å². The minimum atomic E-state index is 0.146. The normalized spacial score (nSPS) is 15.2. The van der Waals surface area contributed by atoms with Gasteiger partial charge >= 0.3 is 0 Å². The predicted molar refractivity (Wildman–Crippen MR) is 46.4 cm³/mol. The van der Waals surface area contributed by atoms with Crippen LogP contribution in [-0.2, 0) is 0 Å². The van der Waals surface area contributed by atoms with E-state index in [0.29, 0.717) is 12.1 Å². The number of anilines is 1. The maximum atomic E-state index is 11.3. The third-order valence-corrected chi connectivity index (χ3v) is 2.08. The molecule has 0 saturated heterocycles. The molecule has 0 saturated carbocycles. The van der Waals surface area contributed by atoms with Crippen LogP contribution in [0.3, 0.4) is 0 Å². The van der Waals surface area contributed by atoms with Crippen LogP contribution in [0, 0.1) is 6.92 Å². The first-order valence-electron chi connectivity index (χ1n) is 4.02. The molecule has 0 bridgehead atoms. The summed E-state index contributed by atoms with van der Waals surface area (Å²) in [5, 5.41) is 3.18. The number of carbonyl (C=O) groups excluding carboxylic acids is 1. The number of rotatable bonds is 0. The average Bonchev–Trinajstić information content (AvgIpc) is 2.07. The van der Waals surface area contributed by atoms with E-state index in [1.807, 2.05) is 13.0 Å². The van der Waals surface area contributed by atoms with Crippen LogP contribution in [0.2, 0.25) is 0 Å². The second-order valence-electron chi connectivity index (χ2n) is 2.95. The van der Waals surface area contributed by atoms with Crippen molar-refractivity contribution in [3.05, 3.63) is 23.5 Å². The van der Waals surface area contributed by atoms with Gasteiger partial charge in [-0.1, -0.05) is 0 Å². The van der Waals surface area contributed by atoms with Crippen LogP contribution < -0.4 is 5.32 Å². The molecule has 2 rings (SSSR count). The molecule has 1 N–H and O–H groups in total. The largest absolute Gasteiger partial charge is 0.383 e. The monoisotopic (exact) mass is 162 g/mol. The molecular weight excluding hydrogens is 152 g/mol. The van der Waals surface area contributed by atoms with Crippen LogP contribution in [0.25, 0.3) is 0 Å². The van der Waals surface area contributed by atoms with Crippen LogP contribution >= 0.6 is 0 Å². The van der Waals surface area contributed by atoms with E-state index in [9.17, 15) is 4.79 Å². The first kappa shape index (κ1) is 7.28. The summed E-state index contributed by atoms with van der Waals surface area (Å²) in [6.45, 7) is 2.71. The molecule has 0 unspecified atom stereocenters. The molecule has 2 heterocycles. The first-order chi connectivity index (χ1) is 5.79. The third kappa shape index (κ3) is 0.978. The maximum Gasteiger partial charge on any atom is 0.185 e. The summed E-state index contributed by atoms with van der Waals surface area (Å²) in [5.74, 6) is 0.146. The number of ketones is 1. The molecule has 1 aliphatic rings. The molecule has 3 nitrogen and oxygen atoms in total. The highest BCUT2D eigenvalue weighted by molar-refractivity contribution is 6.01. The number of carbonyl (C=O) groups is 1. The number of nitrogens with one attached hydrogen (secondary N) is 1. The van der Waals surface area contributed by atoms with Gasteiger partial charge in [-0.3, -0.25) is 9.78 Å². The first-order valence-corrected chi connectivity index (χ1v) is 4.02. The van der Waals surface area contributed by atoms with Gasteiger partial charge in [0.05, 0.1) is 5.69 Å². The van der Waals surface area contributed by atoms with Crippen molar-refractivity contribution in [2.75, 3.05) is 11.9 Å². The Kier molecular flexibility index (Phi) is 1.57. The zero-order chi connectivity index (χ0) is 8.55. The van der Waals surface area contributed by atoms with E-state index in [0.717, 1.165) is 17.8 Å². The Morgan fingerprint density at radius 1 is 1.58 bits per heavy atom. The molecule has 0 radical (unpaired) electrons. The van der Waals surface area contributed by atoms with Crippen LogP contribution in [0.15, 0.2) is 12.3 Å². The van der Waals surface area contributed by atoms with Gasteiger partial charge in [0.1, 0.15) is 5.69 Å². The lowest BCUT2D eigenvalue weighted by molar-refractivity contribution is 0.0979. The third-order valence-electron chi connectivity index (χ3n) is 2.08. The number of pyridine rings is 1. The van der Waals surface area contributed by atoms with Crippen molar-refractivity contribution in [1.29, 1.82) is 0 Å². The van der Waals surface area contributed by atoms with E-state index < -0.39 is 0 Å². The Balaban J connectivity index is 2.59. The zero-order valence-electron chi connectivity index (χ0n) is 6.92. The summed E-state index contributed by atoms with van der Waals surface area (Å²) < 4.78 is 0. The van der Waals surface area contributed by atoms with Crippen LogP contribution in [0.1, 0.15) is 22.5 Å². The van der Waals surface area contributed by atoms with Crippen molar-refractivity contribution < 1.29 is 4.79 Å². The van der Waals surface area contributed by atoms with E-state index in [-0.39, 0.29) is 5.78 Å². The molecule has 0 fully saturated rings. The summed E-state index contributed by atoms with van der Waals surface area (Å²) in [6, 6.07) is 1.91. The Bertz CT molecular complexity index is 333. The number of aryl methyl sites for hydroxylation is 1. The molecule has 1 aromatic heterocycles. The second kappa shape index (κ2) is 2.59. The summed E-state index contributed by atoms with van der Waals surface area (Å²) in [4.78, 5) is 15.4. The van der Waals surface area contributed by atoms with Gasteiger partial charge in [0.2, 0.25) is 0 Å². The van der Waals surface area contributed by atoms with Crippen LogP contribution in [-0.4, -0.2) is 17.3 Å². The van der Waals surface area contributed by atoms with Gasteiger partial charge < -0.3 is 5.32 Å². The highest BCUT2D eigenvalue weighted by atomic mass is 16.1. The second-order valence-corrected chi connectivity index (χ2v) is 2.95. The number of Topliss-reactive ketones (excluding diaryl/α,β-unsaturated/α-hetero) is 1. The van der Waals surface area contributed by atoms with Crippen molar-refractivity contribution >= 4 is 11.5 Å². The lowest BCUT2D eigenvalue weighted by atomic mass is 10.1. The smallest absolute Gasteiger partial charge is 0.185 e. The van der Waals surface area contributed by atoms with Gasteiger partial charge in [-0.05, 0) is 18.6 Å². The SMILES string of the molecule is Cc1ccnc2c1NCCC2=O. The molecule has 1 aliphatic heterocycles. The van der Waals surface area contributed by atoms with Crippen LogP contribution in [0.5, 0.6) is 0 Å². The summed E-state index contributed by atoms with van der Waals surface area (Å²) in [5.41, 5.74) is 2.60. The molecule has 0 aliphatic carbocycles. The number of fused-ring (bicyclic) bond motifs is 1. The number of nitrogens with zero attached hydrogens (tertiary/aromatic N) is 1. The maximum absolute atomic E-state index is 11.3. The molecule has 0 spiro atoms. The zero-order valence-corrected chi connectivity index (χ0v) is 6.92. The van der Waals surface area contributed by atoms with Crippen molar-refractivity contribution in [2.24, 2.45) is 0 Å². The fourth-order valence-corrected chi connectivity index (χ4v) is 1.41. The van der Waals surface area contributed by atoms with Gasteiger partial charge in [0.15, 0.2) is 5.78 Å². The fourth-order valence-electron chi connectivity index (χ4n) is 1.41. The Hall–Kier alpha value is -1.38. The van der Waals surface area contributed by atoms with E-state index in [2.05, 4.69) is 10.3 Å². The molecule has 12 heavy (non-hydrogen) atoms. The van der Waals surface area contributed by atoms with Gasteiger partial charge in [-0.2, -0.15) is 0 Å². The fraction of sp³-hybridized carbons (Fsp3) is 0.333. The summed E-state index contributed by atoms with van der Waals surface area (Å²) >= 11 is 0. The lowest BCUT2D eigenvalue weighted by Gasteiger charge is -2.17. The number of hydrogen-bond donors (Lipinski definition) is 1. The molecule has 3 heteroatoms. The van der Waals surface area contributed by atoms with Crippen molar-refractivity contribution in [3.63, 3.8) is 0 Å². The lowest BCUT2D eigenvalue weighted by Crippen LogP contribution is -2.20. The Morgan fingerprint density at radius 3 is 3.17 bits per heavy atom. The Labute approximate surface area is 70.8 Å². The minimum absolute atomic E-state index is 0.146. The predicted octanol–water partition coefficient (Wildman–Crippen LogP) is 1.39. The van der Waals surface area contributed by atoms with Gasteiger partial charge in [0, 0.05) is 19.2 Å². The Morgan fingerprint density at radius 2 is 2.42 bits per heavy atom. The highest BCUT2D eigenvalue weighted by Crippen LogP contribution is 2.22.